The van der Waals surface area contributed by atoms with E-state index in [9.17, 15) is 9.59 Å². The number of rotatable bonds is 7. The molecule has 0 spiro atoms. The summed E-state index contributed by atoms with van der Waals surface area (Å²) in [5.41, 5.74) is 1.29. The molecule has 1 aromatic carbocycles. The lowest BCUT2D eigenvalue weighted by molar-refractivity contribution is -0.113. The number of H-pyrrole nitrogens is 1. The van der Waals surface area contributed by atoms with Crippen molar-refractivity contribution in [1.82, 2.24) is 15.2 Å². The predicted molar refractivity (Wildman–Crippen MR) is 118 cm³/mol. The number of nitrogens with one attached hydrogen (secondary N) is 2. The van der Waals surface area contributed by atoms with Gasteiger partial charge in [-0.3, -0.25) is 9.89 Å². The van der Waals surface area contributed by atoms with Crippen LogP contribution in [-0.2, 0) is 14.9 Å². The predicted octanol–water partition coefficient (Wildman–Crippen LogP) is 4.18. The van der Waals surface area contributed by atoms with E-state index in [0.29, 0.717) is 23.0 Å². The number of aromatic nitrogens is 3. The Hall–Kier alpha value is -2.35. The third kappa shape index (κ3) is 4.22. The molecule has 6 rings (SSSR count). The number of ether oxygens (including phenoxy) is 1. The van der Waals surface area contributed by atoms with Gasteiger partial charge in [0.15, 0.2) is 0 Å². The third-order valence-corrected chi connectivity index (χ3v) is 7.86. The van der Waals surface area contributed by atoms with Crippen molar-refractivity contribution in [2.75, 3.05) is 17.7 Å². The van der Waals surface area contributed by atoms with Crippen molar-refractivity contribution in [2.24, 2.45) is 17.8 Å². The number of hydrogen-bond acceptors (Lipinski definition) is 6. The smallest absolute Gasteiger partial charge is 0.338 e. The average molecular weight is 441 g/mol. The minimum Gasteiger partial charge on any atom is -0.462 e. The molecule has 164 valence electrons. The van der Waals surface area contributed by atoms with E-state index in [-0.39, 0.29) is 23.0 Å². The van der Waals surface area contributed by atoms with Crippen LogP contribution >= 0.6 is 11.8 Å². The van der Waals surface area contributed by atoms with E-state index in [1.54, 1.807) is 31.2 Å². The zero-order chi connectivity index (χ0) is 21.4. The molecule has 0 radical (unpaired) electrons. The number of thioether (sulfide) groups is 1. The molecule has 31 heavy (non-hydrogen) atoms. The highest BCUT2D eigenvalue weighted by Gasteiger charge is 2.53. The number of aromatic amines is 1. The van der Waals surface area contributed by atoms with E-state index in [4.69, 9.17) is 9.72 Å². The highest BCUT2D eigenvalue weighted by atomic mass is 32.2. The van der Waals surface area contributed by atoms with Crippen LogP contribution in [0.3, 0.4) is 0 Å². The second kappa shape index (κ2) is 8.30. The number of benzene rings is 1. The fourth-order valence-corrected chi connectivity index (χ4v) is 6.78. The molecule has 0 saturated heterocycles. The lowest BCUT2D eigenvalue weighted by atomic mass is 9.49. The molecule has 2 N–H and O–H groups in total. The van der Waals surface area contributed by atoms with Crippen LogP contribution in [0.2, 0.25) is 0 Å². The van der Waals surface area contributed by atoms with Gasteiger partial charge in [0, 0.05) is 11.1 Å². The lowest BCUT2D eigenvalue weighted by Crippen LogP contribution is -2.49. The first-order chi connectivity index (χ1) is 15.0. The summed E-state index contributed by atoms with van der Waals surface area (Å²) in [4.78, 5) is 28.8. The fourth-order valence-electron chi connectivity index (χ4n) is 6.18. The molecule has 1 heterocycles. The molecule has 4 aliphatic rings. The van der Waals surface area contributed by atoms with E-state index in [2.05, 4.69) is 15.5 Å². The van der Waals surface area contributed by atoms with E-state index >= 15 is 0 Å². The van der Waals surface area contributed by atoms with Crippen LogP contribution in [0, 0.1) is 17.8 Å². The van der Waals surface area contributed by atoms with Gasteiger partial charge in [-0.2, -0.15) is 0 Å². The molecule has 7 nitrogen and oxygen atoms in total. The average Bonchev–Trinajstić information content (AvgIpc) is 3.22. The minimum absolute atomic E-state index is 0.130. The summed E-state index contributed by atoms with van der Waals surface area (Å²) in [7, 11) is 0. The number of amides is 1. The van der Waals surface area contributed by atoms with Crippen molar-refractivity contribution in [3.05, 3.63) is 35.7 Å². The van der Waals surface area contributed by atoms with Gasteiger partial charge in [0.1, 0.15) is 5.82 Å². The number of hydrogen-bond donors (Lipinski definition) is 2. The molecule has 4 saturated carbocycles. The Labute approximate surface area is 186 Å². The number of carbonyl (C=O) groups is 2. The first-order valence-corrected chi connectivity index (χ1v) is 12.1. The van der Waals surface area contributed by atoms with Crippen molar-refractivity contribution >= 4 is 29.3 Å². The van der Waals surface area contributed by atoms with Gasteiger partial charge in [-0.1, -0.05) is 11.8 Å². The summed E-state index contributed by atoms with van der Waals surface area (Å²) in [6, 6.07) is 6.70. The monoisotopic (exact) mass is 440 g/mol. The van der Waals surface area contributed by atoms with E-state index in [1.165, 1.54) is 50.3 Å². The van der Waals surface area contributed by atoms with Crippen LogP contribution in [0.15, 0.2) is 29.4 Å². The molecule has 1 aromatic heterocycles. The van der Waals surface area contributed by atoms with Crippen molar-refractivity contribution in [3.8, 4) is 0 Å². The summed E-state index contributed by atoms with van der Waals surface area (Å²) in [6.45, 7) is 2.10. The molecule has 0 unspecified atom stereocenters. The maximum absolute atomic E-state index is 12.3. The highest BCUT2D eigenvalue weighted by molar-refractivity contribution is 7.99. The van der Waals surface area contributed by atoms with Crippen molar-refractivity contribution in [1.29, 1.82) is 0 Å². The van der Waals surface area contributed by atoms with E-state index in [0.717, 1.165) is 23.6 Å². The standard InChI is InChI=1S/C23H28N4O3S/c1-2-30-20(29)17-3-5-18(6-4-17)24-19(28)13-31-22-25-21(26-27-22)23-10-14-7-15(11-23)9-16(8-14)12-23/h3-6,14-16H,2,7-13H2,1H3,(H,24,28)(H,25,26,27). The van der Waals surface area contributed by atoms with Crippen LogP contribution in [0.1, 0.15) is 61.6 Å². The Bertz CT molecular complexity index is 936. The third-order valence-electron chi connectivity index (χ3n) is 7.02. The van der Waals surface area contributed by atoms with Gasteiger partial charge in [-0.15, -0.1) is 5.10 Å². The second-order valence-corrected chi connectivity index (χ2v) is 10.2. The van der Waals surface area contributed by atoms with Gasteiger partial charge >= 0.3 is 5.97 Å². The number of carbonyl (C=O) groups excluding carboxylic acids is 2. The molecular formula is C23H28N4O3S. The van der Waals surface area contributed by atoms with Gasteiger partial charge in [-0.25, -0.2) is 9.78 Å². The van der Waals surface area contributed by atoms with E-state index < -0.39 is 0 Å². The summed E-state index contributed by atoms with van der Waals surface area (Å²) in [5.74, 6) is 3.34. The molecule has 0 aliphatic heterocycles. The van der Waals surface area contributed by atoms with Crippen molar-refractivity contribution in [3.63, 3.8) is 0 Å². The van der Waals surface area contributed by atoms with Crippen LogP contribution in [0.25, 0.3) is 0 Å². The lowest BCUT2D eigenvalue weighted by Gasteiger charge is -2.55. The molecule has 4 fully saturated rings. The quantitative estimate of drug-likeness (QED) is 0.495. The summed E-state index contributed by atoms with van der Waals surface area (Å²) in [6.07, 6.45) is 7.91. The zero-order valence-electron chi connectivity index (χ0n) is 17.7. The van der Waals surface area contributed by atoms with Crippen LogP contribution in [-0.4, -0.2) is 39.4 Å². The molecular weight excluding hydrogens is 412 g/mol. The largest absolute Gasteiger partial charge is 0.462 e. The van der Waals surface area contributed by atoms with Gasteiger partial charge in [0.25, 0.3) is 0 Å². The molecule has 8 heteroatoms. The Morgan fingerprint density at radius 1 is 1.13 bits per heavy atom. The Morgan fingerprint density at radius 2 is 1.77 bits per heavy atom. The second-order valence-electron chi connectivity index (χ2n) is 9.30. The number of anilines is 1. The molecule has 1 amide bonds. The highest BCUT2D eigenvalue weighted by Crippen LogP contribution is 2.60. The molecule has 4 bridgehead atoms. The van der Waals surface area contributed by atoms with Crippen molar-refractivity contribution in [2.45, 2.75) is 56.0 Å². The fraction of sp³-hybridized carbons (Fsp3) is 0.565. The zero-order valence-corrected chi connectivity index (χ0v) is 18.5. The topological polar surface area (TPSA) is 97.0 Å². The number of nitrogens with zero attached hydrogens (tertiary/aromatic N) is 2. The Balaban J connectivity index is 1.16. The SMILES string of the molecule is CCOC(=O)c1ccc(NC(=O)CSc2n[nH]c(C34CC5CC(CC(C5)C3)C4)n2)cc1. The van der Waals surface area contributed by atoms with Gasteiger partial charge < -0.3 is 10.1 Å². The first kappa shape index (κ1) is 20.5. The van der Waals surface area contributed by atoms with Gasteiger partial charge in [0.2, 0.25) is 11.1 Å². The van der Waals surface area contributed by atoms with Gasteiger partial charge in [0.05, 0.1) is 17.9 Å². The maximum atomic E-state index is 12.3. The summed E-state index contributed by atoms with van der Waals surface area (Å²) >= 11 is 1.35. The normalized spacial score (nSPS) is 28.5. The number of esters is 1. The Kier molecular flexibility index (Phi) is 5.50. The Morgan fingerprint density at radius 3 is 2.39 bits per heavy atom. The first-order valence-electron chi connectivity index (χ1n) is 11.2. The summed E-state index contributed by atoms with van der Waals surface area (Å²) in [5, 5.41) is 11.1. The van der Waals surface area contributed by atoms with Crippen LogP contribution in [0.5, 0.6) is 0 Å². The minimum atomic E-state index is -0.365. The van der Waals surface area contributed by atoms with Crippen molar-refractivity contribution < 1.29 is 14.3 Å². The van der Waals surface area contributed by atoms with Crippen LogP contribution in [0.4, 0.5) is 5.69 Å². The van der Waals surface area contributed by atoms with E-state index in [1.807, 2.05) is 0 Å². The molecule has 2 aromatic rings. The summed E-state index contributed by atoms with van der Waals surface area (Å²) < 4.78 is 4.97. The maximum Gasteiger partial charge on any atom is 0.338 e. The molecule has 0 atom stereocenters. The molecule has 4 aliphatic carbocycles. The van der Waals surface area contributed by atoms with Crippen LogP contribution < -0.4 is 5.32 Å². The van der Waals surface area contributed by atoms with Gasteiger partial charge in [-0.05, 0) is 87.5 Å².